The molecule has 0 fully saturated rings. The van der Waals surface area contributed by atoms with Crippen LogP contribution in [0.4, 0.5) is 4.39 Å². The first-order valence-electron chi connectivity index (χ1n) is 5.63. The second-order valence-electron chi connectivity index (χ2n) is 4.24. The van der Waals surface area contributed by atoms with Crippen LogP contribution in [0.1, 0.15) is 5.56 Å². The zero-order valence-electron chi connectivity index (χ0n) is 9.77. The van der Waals surface area contributed by atoms with Gasteiger partial charge in [-0.2, -0.15) is 0 Å². The molecule has 0 atom stereocenters. The molecule has 0 radical (unpaired) electrons. The lowest BCUT2D eigenvalue weighted by molar-refractivity contribution is 0.619. The molecule has 0 aliphatic rings. The number of aryl methyl sites for hydroxylation is 1. The third kappa shape index (κ3) is 1.66. The lowest BCUT2D eigenvalue weighted by atomic mass is 10.2. The highest BCUT2D eigenvalue weighted by Crippen LogP contribution is 2.22. The van der Waals surface area contributed by atoms with E-state index in [-0.39, 0.29) is 5.82 Å². The molecule has 0 spiro atoms. The number of imidazole rings is 1. The van der Waals surface area contributed by atoms with Crippen LogP contribution in [0.5, 0.6) is 0 Å². The predicted octanol–water partition coefficient (Wildman–Crippen LogP) is 4.14. The first-order valence-corrected chi connectivity index (χ1v) is 6.04. The van der Waals surface area contributed by atoms with Gasteiger partial charge in [0.2, 0.25) is 0 Å². The monoisotopic (exact) mass is 258 g/mol. The average Bonchev–Trinajstić information content (AvgIpc) is 2.66. The van der Waals surface area contributed by atoms with Gasteiger partial charge in [0.15, 0.2) is 4.77 Å². The van der Waals surface area contributed by atoms with Crippen molar-refractivity contribution in [2.24, 2.45) is 0 Å². The van der Waals surface area contributed by atoms with Gasteiger partial charge in [-0.25, -0.2) is 4.39 Å². The number of fused-ring (bicyclic) bond motifs is 1. The van der Waals surface area contributed by atoms with Crippen molar-refractivity contribution in [2.45, 2.75) is 6.92 Å². The van der Waals surface area contributed by atoms with E-state index in [1.54, 1.807) is 22.8 Å². The van der Waals surface area contributed by atoms with Gasteiger partial charge in [-0.3, -0.25) is 4.57 Å². The molecule has 0 saturated heterocycles. The van der Waals surface area contributed by atoms with Crippen LogP contribution in [0.25, 0.3) is 16.7 Å². The lowest BCUT2D eigenvalue weighted by Crippen LogP contribution is -1.97. The van der Waals surface area contributed by atoms with Gasteiger partial charge in [0.25, 0.3) is 0 Å². The van der Waals surface area contributed by atoms with Gasteiger partial charge in [-0.05, 0) is 49.0 Å². The fraction of sp³-hybridized carbons (Fsp3) is 0.0714. The van der Waals surface area contributed by atoms with Crippen LogP contribution in [0.3, 0.4) is 0 Å². The van der Waals surface area contributed by atoms with E-state index in [2.05, 4.69) is 4.98 Å². The lowest BCUT2D eigenvalue weighted by Gasteiger charge is -2.06. The number of H-pyrrole nitrogens is 1. The number of aromatic amines is 1. The van der Waals surface area contributed by atoms with Gasteiger partial charge in [-0.15, -0.1) is 0 Å². The molecule has 0 amide bonds. The molecule has 90 valence electrons. The Morgan fingerprint density at radius 2 is 1.94 bits per heavy atom. The van der Waals surface area contributed by atoms with E-state index in [1.165, 1.54) is 6.07 Å². The van der Waals surface area contributed by atoms with Gasteiger partial charge in [0.05, 0.1) is 16.7 Å². The molecular formula is C14H11FN2S. The second-order valence-corrected chi connectivity index (χ2v) is 4.62. The maximum atomic E-state index is 13.9. The minimum absolute atomic E-state index is 0.281. The first kappa shape index (κ1) is 11.2. The van der Waals surface area contributed by atoms with Crippen molar-refractivity contribution in [3.63, 3.8) is 0 Å². The third-order valence-electron chi connectivity index (χ3n) is 2.93. The summed E-state index contributed by atoms with van der Waals surface area (Å²) in [6.45, 7) is 2.00. The van der Waals surface area contributed by atoms with Gasteiger partial charge in [0, 0.05) is 0 Å². The summed E-state index contributed by atoms with van der Waals surface area (Å²) in [6, 6.07) is 12.6. The molecule has 1 heterocycles. The van der Waals surface area contributed by atoms with E-state index in [0.29, 0.717) is 10.5 Å². The van der Waals surface area contributed by atoms with Crippen LogP contribution in [0.15, 0.2) is 42.5 Å². The fourth-order valence-electron chi connectivity index (χ4n) is 2.09. The fourth-order valence-corrected chi connectivity index (χ4v) is 2.39. The standard InChI is InChI=1S/C14H11FN2S/c1-9-6-7-11-13(8-9)17(14(18)16-11)12-5-3-2-4-10(12)15/h2-8H,1H3,(H,16,18). The number of nitrogens with one attached hydrogen (secondary N) is 1. The molecule has 4 heteroatoms. The number of rotatable bonds is 1. The second kappa shape index (κ2) is 4.07. The molecule has 18 heavy (non-hydrogen) atoms. The molecule has 3 rings (SSSR count). The van der Waals surface area contributed by atoms with E-state index >= 15 is 0 Å². The van der Waals surface area contributed by atoms with Gasteiger partial charge in [0.1, 0.15) is 5.82 Å². The van der Waals surface area contributed by atoms with E-state index in [9.17, 15) is 4.39 Å². The molecule has 3 aromatic rings. The molecule has 0 bridgehead atoms. The van der Waals surface area contributed by atoms with E-state index in [0.717, 1.165) is 16.6 Å². The molecule has 0 aliphatic carbocycles. The maximum absolute atomic E-state index is 13.9. The molecule has 0 unspecified atom stereocenters. The summed E-state index contributed by atoms with van der Waals surface area (Å²) >= 11 is 5.28. The highest BCUT2D eigenvalue weighted by Gasteiger charge is 2.09. The Balaban J connectivity index is 2.42. The van der Waals surface area contributed by atoms with Crippen LogP contribution >= 0.6 is 12.2 Å². The van der Waals surface area contributed by atoms with E-state index < -0.39 is 0 Å². The van der Waals surface area contributed by atoms with Crippen molar-refractivity contribution < 1.29 is 4.39 Å². The van der Waals surface area contributed by atoms with Gasteiger partial charge >= 0.3 is 0 Å². The third-order valence-corrected chi connectivity index (χ3v) is 3.22. The molecule has 2 nitrogen and oxygen atoms in total. The maximum Gasteiger partial charge on any atom is 0.182 e. The summed E-state index contributed by atoms with van der Waals surface area (Å²) in [5.41, 5.74) is 3.39. The van der Waals surface area contributed by atoms with Crippen molar-refractivity contribution in [2.75, 3.05) is 0 Å². The zero-order chi connectivity index (χ0) is 12.7. The van der Waals surface area contributed by atoms with Crippen LogP contribution in [-0.2, 0) is 0 Å². The predicted molar refractivity (Wildman–Crippen MR) is 73.2 cm³/mol. The highest BCUT2D eigenvalue weighted by molar-refractivity contribution is 7.71. The summed E-state index contributed by atoms with van der Waals surface area (Å²) in [6.07, 6.45) is 0. The van der Waals surface area contributed by atoms with Crippen molar-refractivity contribution in [3.05, 3.63) is 58.6 Å². The number of aromatic nitrogens is 2. The molecule has 1 N–H and O–H groups in total. The summed E-state index contributed by atoms with van der Waals surface area (Å²) in [5, 5.41) is 0. The summed E-state index contributed by atoms with van der Waals surface area (Å²) < 4.78 is 16.1. The van der Waals surface area contributed by atoms with Crippen molar-refractivity contribution in [1.82, 2.24) is 9.55 Å². The van der Waals surface area contributed by atoms with Gasteiger partial charge < -0.3 is 4.98 Å². The number of hydrogen-bond acceptors (Lipinski definition) is 1. The normalized spacial score (nSPS) is 11.0. The summed E-state index contributed by atoms with van der Waals surface area (Å²) in [5.74, 6) is -0.281. The van der Waals surface area contributed by atoms with Crippen LogP contribution in [0, 0.1) is 17.5 Å². The zero-order valence-corrected chi connectivity index (χ0v) is 10.6. The minimum Gasteiger partial charge on any atom is -0.330 e. The quantitative estimate of drug-likeness (QED) is 0.651. The molecular weight excluding hydrogens is 247 g/mol. The largest absolute Gasteiger partial charge is 0.330 e. The Labute approximate surface area is 109 Å². The number of hydrogen-bond donors (Lipinski definition) is 1. The Morgan fingerprint density at radius 3 is 2.72 bits per heavy atom. The summed E-state index contributed by atoms with van der Waals surface area (Å²) in [4.78, 5) is 3.09. The minimum atomic E-state index is -0.281. The Hall–Kier alpha value is -1.94. The van der Waals surface area contributed by atoms with E-state index in [1.807, 2.05) is 25.1 Å². The highest BCUT2D eigenvalue weighted by atomic mass is 32.1. The van der Waals surface area contributed by atoms with Crippen LogP contribution < -0.4 is 0 Å². The Morgan fingerprint density at radius 1 is 1.17 bits per heavy atom. The van der Waals surface area contributed by atoms with Crippen LogP contribution in [-0.4, -0.2) is 9.55 Å². The number of nitrogens with zero attached hydrogens (tertiary/aromatic N) is 1. The molecule has 1 aromatic heterocycles. The number of para-hydroxylation sites is 1. The Bertz CT molecular complexity index is 786. The SMILES string of the molecule is Cc1ccc2[nH]c(=S)n(-c3ccccc3F)c2c1. The molecule has 2 aromatic carbocycles. The van der Waals surface area contributed by atoms with Crippen molar-refractivity contribution in [1.29, 1.82) is 0 Å². The first-order chi connectivity index (χ1) is 8.66. The Kier molecular flexibility index (Phi) is 2.52. The molecule has 0 saturated carbocycles. The van der Waals surface area contributed by atoms with Crippen LogP contribution in [0.2, 0.25) is 0 Å². The number of halogens is 1. The van der Waals surface area contributed by atoms with Crippen molar-refractivity contribution in [3.8, 4) is 5.69 Å². The molecule has 0 aliphatic heterocycles. The smallest absolute Gasteiger partial charge is 0.182 e. The van der Waals surface area contributed by atoms with Gasteiger partial charge in [-0.1, -0.05) is 18.2 Å². The summed E-state index contributed by atoms with van der Waals surface area (Å²) in [7, 11) is 0. The number of benzene rings is 2. The topological polar surface area (TPSA) is 20.7 Å². The van der Waals surface area contributed by atoms with E-state index in [4.69, 9.17) is 12.2 Å². The average molecular weight is 258 g/mol. The van der Waals surface area contributed by atoms with Crippen molar-refractivity contribution >= 4 is 23.3 Å².